The van der Waals surface area contributed by atoms with Gasteiger partial charge in [-0.05, 0) is 24.1 Å². The molecule has 3 nitrogen and oxygen atoms in total. The van der Waals surface area contributed by atoms with Crippen LogP contribution in [0.15, 0.2) is 24.3 Å². The molecular weight excluding hydrogens is 245 g/mol. The summed E-state index contributed by atoms with van der Waals surface area (Å²) in [7, 11) is 1.73. The van der Waals surface area contributed by atoms with Gasteiger partial charge in [-0.3, -0.25) is 0 Å². The van der Waals surface area contributed by atoms with Crippen LogP contribution in [0.3, 0.4) is 0 Å². The molecule has 2 atom stereocenters. The van der Waals surface area contributed by atoms with Crippen LogP contribution < -0.4 is 5.32 Å². The summed E-state index contributed by atoms with van der Waals surface area (Å²) in [6, 6.07) is 6.89. The minimum absolute atomic E-state index is 0.198. The van der Waals surface area contributed by atoms with Crippen LogP contribution in [0.25, 0.3) is 0 Å². The molecule has 1 aromatic carbocycles. The smallest absolute Gasteiger partial charge is 0.123 e. The minimum atomic E-state index is -0.215. The maximum Gasteiger partial charge on any atom is 0.123 e. The summed E-state index contributed by atoms with van der Waals surface area (Å²) in [5, 5.41) is 3.51. The lowest BCUT2D eigenvalue weighted by molar-refractivity contribution is -0.0176. The van der Waals surface area contributed by atoms with Gasteiger partial charge in [0.2, 0.25) is 0 Å². The van der Waals surface area contributed by atoms with Crippen molar-refractivity contribution >= 4 is 0 Å². The monoisotopic (exact) mass is 267 g/mol. The molecule has 106 valence electrons. The van der Waals surface area contributed by atoms with Crippen molar-refractivity contribution in [1.82, 2.24) is 5.32 Å². The summed E-state index contributed by atoms with van der Waals surface area (Å²) in [6.45, 7) is 4.25. The van der Waals surface area contributed by atoms with E-state index in [9.17, 15) is 4.39 Å². The number of halogens is 1. The molecule has 19 heavy (non-hydrogen) atoms. The van der Waals surface area contributed by atoms with Crippen molar-refractivity contribution in [2.24, 2.45) is 0 Å². The average Bonchev–Trinajstić information content (AvgIpc) is 2.91. The zero-order valence-corrected chi connectivity index (χ0v) is 11.6. The van der Waals surface area contributed by atoms with E-state index < -0.39 is 0 Å². The van der Waals surface area contributed by atoms with Gasteiger partial charge >= 0.3 is 0 Å². The second kappa shape index (κ2) is 6.46. The Hall–Kier alpha value is -0.970. The lowest BCUT2D eigenvalue weighted by Gasteiger charge is -2.29. The van der Waals surface area contributed by atoms with Gasteiger partial charge in [0, 0.05) is 32.7 Å². The first-order valence-electron chi connectivity index (χ1n) is 6.81. The summed E-state index contributed by atoms with van der Waals surface area (Å²) in [6.07, 6.45) is 1.86. The summed E-state index contributed by atoms with van der Waals surface area (Å²) in [4.78, 5) is 0. The number of rotatable bonds is 6. The van der Waals surface area contributed by atoms with Gasteiger partial charge in [-0.2, -0.15) is 0 Å². The van der Waals surface area contributed by atoms with Crippen molar-refractivity contribution in [3.05, 3.63) is 35.6 Å². The van der Waals surface area contributed by atoms with Crippen LogP contribution in [-0.4, -0.2) is 32.5 Å². The van der Waals surface area contributed by atoms with Crippen LogP contribution in [0.2, 0.25) is 0 Å². The molecule has 1 saturated heterocycles. The number of benzene rings is 1. The number of hydrogen-bond donors (Lipinski definition) is 1. The Kier molecular flexibility index (Phi) is 4.91. The Bertz CT molecular complexity index is 388. The zero-order valence-electron chi connectivity index (χ0n) is 11.6. The van der Waals surface area contributed by atoms with Gasteiger partial charge in [-0.25, -0.2) is 4.39 Å². The first kappa shape index (κ1) is 14.4. The first-order chi connectivity index (χ1) is 9.19. The first-order valence-corrected chi connectivity index (χ1v) is 6.81. The van der Waals surface area contributed by atoms with Crippen molar-refractivity contribution in [2.45, 2.75) is 31.4 Å². The average molecular weight is 267 g/mol. The molecule has 0 radical (unpaired) electrons. The fourth-order valence-corrected chi connectivity index (χ4v) is 2.46. The van der Waals surface area contributed by atoms with Crippen molar-refractivity contribution in [1.29, 1.82) is 0 Å². The highest BCUT2D eigenvalue weighted by molar-refractivity contribution is 5.19. The minimum Gasteiger partial charge on any atom is -0.378 e. The molecule has 2 rings (SSSR count). The van der Waals surface area contributed by atoms with Gasteiger partial charge in [0.1, 0.15) is 11.4 Å². The van der Waals surface area contributed by atoms with Gasteiger partial charge in [-0.1, -0.05) is 19.1 Å². The summed E-state index contributed by atoms with van der Waals surface area (Å²) < 4.78 is 24.0. The number of methoxy groups -OCH3 is 1. The molecule has 2 unspecified atom stereocenters. The number of hydrogen-bond acceptors (Lipinski definition) is 3. The molecule has 1 aliphatic heterocycles. The fraction of sp³-hybridized carbons (Fsp3) is 0.600. The predicted octanol–water partition coefficient (Wildman–Crippen LogP) is 2.67. The van der Waals surface area contributed by atoms with Crippen LogP contribution in [0.5, 0.6) is 0 Å². The van der Waals surface area contributed by atoms with Crippen LogP contribution in [-0.2, 0) is 9.47 Å². The maximum atomic E-state index is 12.9. The van der Waals surface area contributed by atoms with Gasteiger partial charge in [-0.15, -0.1) is 0 Å². The lowest BCUT2D eigenvalue weighted by atomic mass is 10.00. The predicted molar refractivity (Wildman–Crippen MR) is 72.6 cm³/mol. The molecule has 0 amide bonds. The second-order valence-corrected chi connectivity index (χ2v) is 5.08. The third-order valence-electron chi connectivity index (χ3n) is 3.85. The van der Waals surface area contributed by atoms with Crippen molar-refractivity contribution < 1.29 is 13.9 Å². The SMILES string of the molecule is CCC(NCC1(OC)CCOC1)c1ccc(F)cc1. The quantitative estimate of drug-likeness (QED) is 0.859. The Labute approximate surface area is 114 Å². The standard InChI is InChI=1S/C15H22FNO2/c1-3-14(12-4-6-13(16)7-5-12)17-10-15(18-2)8-9-19-11-15/h4-7,14,17H,3,8-11H2,1-2H3. The van der Waals surface area contributed by atoms with E-state index in [1.54, 1.807) is 7.11 Å². The molecule has 1 N–H and O–H groups in total. The molecule has 4 heteroatoms. The number of nitrogens with one attached hydrogen (secondary N) is 1. The van der Waals surface area contributed by atoms with E-state index in [0.717, 1.165) is 31.6 Å². The molecule has 0 spiro atoms. The van der Waals surface area contributed by atoms with E-state index in [0.29, 0.717) is 6.61 Å². The van der Waals surface area contributed by atoms with E-state index in [-0.39, 0.29) is 17.5 Å². The number of ether oxygens (including phenoxy) is 2. The van der Waals surface area contributed by atoms with Crippen LogP contribution in [0.1, 0.15) is 31.4 Å². The summed E-state index contributed by atoms with van der Waals surface area (Å²) >= 11 is 0. The highest BCUT2D eigenvalue weighted by Crippen LogP contribution is 2.24. The zero-order chi connectivity index (χ0) is 13.7. The Morgan fingerprint density at radius 1 is 1.42 bits per heavy atom. The maximum absolute atomic E-state index is 12.9. The Morgan fingerprint density at radius 3 is 2.68 bits per heavy atom. The van der Waals surface area contributed by atoms with Gasteiger partial charge < -0.3 is 14.8 Å². The molecule has 0 saturated carbocycles. The largest absolute Gasteiger partial charge is 0.378 e. The summed E-state index contributed by atoms with van der Waals surface area (Å²) in [5.74, 6) is -0.198. The van der Waals surface area contributed by atoms with Crippen molar-refractivity contribution in [3.63, 3.8) is 0 Å². The highest BCUT2D eigenvalue weighted by Gasteiger charge is 2.35. The van der Waals surface area contributed by atoms with Crippen molar-refractivity contribution in [2.75, 3.05) is 26.9 Å². The van der Waals surface area contributed by atoms with Crippen LogP contribution >= 0.6 is 0 Å². The topological polar surface area (TPSA) is 30.5 Å². The molecule has 1 fully saturated rings. The van der Waals surface area contributed by atoms with E-state index in [1.807, 2.05) is 12.1 Å². The fourth-order valence-electron chi connectivity index (χ4n) is 2.46. The molecule has 0 aliphatic carbocycles. The van der Waals surface area contributed by atoms with Gasteiger partial charge in [0.05, 0.1) is 6.61 Å². The molecular formula is C15H22FNO2. The molecule has 1 aromatic rings. The van der Waals surface area contributed by atoms with E-state index in [4.69, 9.17) is 9.47 Å². The lowest BCUT2D eigenvalue weighted by Crippen LogP contribution is -2.44. The van der Waals surface area contributed by atoms with Crippen LogP contribution in [0, 0.1) is 5.82 Å². The molecule has 1 aliphatic rings. The second-order valence-electron chi connectivity index (χ2n) is 5.08. The van der Waals surface area contributed by atoms with E-state index in [1.165, 1.54) is 12.1 Å². The van der Waals surface area contributed by atoms with E-state index in [2.05, 4.69) is 12.2 Å². The van der Waals surface area contributed by atoms with Crippen LogP contribution in [0.4, 0.5) is 4.39 Å². The highest BCUT2D eigenvalue weighted by atomic mass is 19.1. The summed E-state index contributed by atoms with van der Waals surface area (Å²) in [5.41, 5.74) is 0.891. The third kappa shape index (κ3) is 3.53. The molecule has 1 heterocycles. The van der Waals surface area contributed by atoms with Gasteiger partial charge in [0.25, 0.3) is 0 Å². The Morgan fingerprint density at radius 2 is 2.16 bits per heavy atom. The van der Waals surface area contributed by atoms with Crippen molar-refractivity contribution in [3.8, 4) is 0 Å². The molecule has 0 bridgehead atoms. The normalized spacial score (nSPS) is 24.6. The third-order valence-corrected chi connectivity index (χ3v) is 3.85. The van der Waals surface area contributed by atoms with E-state index >= 15 is 0 Å². The Balaban J connectivity index is 1.97. The molecule has 0 aromatic heterocycles. The van der Waals surface area contributed by atoms with Gasteiger partial charge in [0.15, 0.2) is 0 Å².